The molecule has 1 atom stereocenters. The molecule has 41 heavy (non-hydrogen) atoms. The Morgan fingerprint density at radius 1 is 1.05 bits per heavy atom. The maximum Gasteiger partial charge on any atom is 0.270 e. The summed E-state index contributed by atoms with van der Waals surface area (Å²) in [7, 11) is 0. The highest BCUT2D eigenvalue weighted by molar-refractivity contribution is 6.00. The normalized spacial score (nSPS) is 13.3. The molecule has 2 aromatic carbocycles. The topological polar surface area (TPSA) is 132 Å². The number of nitrogens with one attached hydrogen (secondary N) is 2. The lowest BCUT2D eigenvalue weighted by molar-refractivity contribution is -0.121. The van der Waals surface area contributed by atoms with Crippen molar-refractivity contribution < 1.29 is 32.7 Å². The number of halogens is 2. The molecule has 3 heterocycles. The van der Waals surface area contributed by atoms with Crippen LogP contribution in [0.1, 0.15) is 51.0 Å². The van der Waals surface area contributed by atoms with Gasteiger partial charge in [0.15, 0.2) is 23.0 Å². The van der Waals surface area contributed by atoms with Gasteiger partial charge in [-0.3, -0.25) is 19.2 Å². The second-order valence-electron chi connectivity index (χ2n) is 9.67. The van der Waals surface area contributed by atoms with Crippen molar-refractivity contribution in [2.24, 2.45) is 0 Å². The molecule has 0 fully saturated rings. The average Bonchev–Trinajstić information content (AvgIpc) is 3.34. The van der Waals surface area contributed by atoms with Gasteiger partial charge in [0.1, 0.15) is 29.6 Å². The van der Waals surface area contributed by atoms with E-state index in [0.717, 1.165) is 16.3 Å². The smallest absolute Gasteiger partial charge is 0.270 e. The summed E-state index contributed by atoms with van der Waals surface area (Å²) in [5, 5.41) is 9.10. The number of carbonyl (C=O) groups is 4. The molecule has 1 aliphatic heterocycles. The highest BCUT2D eigenvalue weighted by Crippen LogP contribution is 2.24. The minimum Gasteiger partial charge on any atom is -0.486 e. The third-order valence-corrected chi connectivity index (χ3v) is 6.65. The summed E-state index contributed by atoms with van der Waals surface area (Å²) in [6.45, 7) is 1.62. The van der Waals surface area contributed by atoms with E-state index in [0.29, 0.717) is 23.3 Å². The van der Waals surface area contributed by atoms with Crippen molar-refractivity contribution in [3.8, 4) is 5.75 Å². The van der Waals surface area contributed by atoms with Gasteiger partial charge in [-0.2, -0.15) is 5.10 Å². The Kier molecular flexibility index (Phi) is 7.81. The number of hydrogen-bond acceptors (Lipinski definition) is 7. The molecular formula is C29H25F2N5O5. The number of aromatic nitrogens is 3. The molecular weight excluding hydrogens is 536 g/mol. The highest BCUT2D eigenvalue weighted by Gasteiger charge is 2.23. The van der Waals surface area contributed by atoms with Crippen molar-refractivity contribution in [3.05, 3.63) is 94.4 Å². The molecule has 2 aromatic heterocycles. The fourth-order valence-electron chi connectivity index (χ4n) is 4.42. The molecule has 0 aliphatic carbocycles. The number of fused-ring (bicyclic) bond motifs is 2. The van der Waals surface area contributed by atoms with Crippen molar-refractivity contribution in [2.75, 3.05) is 6.61 Å². The van der Waals surface area contributed by atoms with E-state index < -0.39 is 23.7 Å². The second-order valence-corrected chi connectivity index (χ2v) is 9.67. The SMILES string of the molecule is C[C@H](NC(=O)c1cc(C(=O)NCc2ccc3c(c2)CC(=O)CO3)nc2c(F)cnn12)C(=O)CCc1ccc(F)cc1. The molecule has 0 radical (unpaired) electrons. The standard InChI is InChI=1S/C29H25F2N5O5/c1-16(25(38)8-4-17-2-6-20(30)7-3-17)34-29(40)24-12-23(35-27-22(31)14-33-36(24)27)28(39)32-13-18-5-9-26-19(10-18)11-21(37)15-41-26/h2-3,5-7,9-10,12,14,16H,4,8,11,13,15H2,1H3,(H,32,39)(H,34,40)/t16-/m0/s1. The van der Waals surface area contributed by atoms with Crippen molar-refractivity contribution >= 4 is 29.0 Å². The van der Waals surface area contributed by atoms with Crippen LogP contribution in [0.2, 0.25) is 0 Å². The Morgan fingerprint density at radius 2 is 1.80 bits per heavy atom. The number of benzene rings is 2. The van der Waals surface area contributed by atoms with Gasteiger partial charge in [0.05, 0.1) is 12.2 Å². The number of nitrogens with zero attached hydrogens (tertiary/aromatic N) is 3. The minimum absolute atomic E-state index is 0.0290. The zero-order chi connectivity index (χ0) is 29.1. The molecule has 210 valence electrons. The maximum absolute atomic E-state index is 14.4. The molecule has 2 N–H and O–H groups in total. The number of ketones is 2. The van der Waals surface area contributed by atoms with Gasteiger partial charge in [0.2, 0.25) is 0 Å². The van der Waals surface area contributed by atoms with Crippen molar-refractivity contribution in [2.45, 2.75) is 38.8 Å². The lowest BCUT2D eigenvalue weighted by Gasteiger charge is -2.17. The van der Waals surface area contributed by atoms with Crippen molar-refractivity contribution in [1.82, 2.24) is 25.2 Å². The first-order chi connectivity index (χ1) is 19.7. The van der Waals surface area contributed by atoms with Crippen LogP contribution >= 0.6 is 0 Å². The van der Waals surface area contributed by atoms with Crippen molar-refractivity contribution in [3.63, 3.8) is 0 Å². The van der Waals surface area contributed by atoms with Gasteiger partial charge < -0.3 is 15.4 Å². The van der Waals surface area contributed by atoms with Gasteiger partial charge in [-0.1, -0.05) is 18.2 Å². The first-order valence-electron chi connectivity index (χ1n) is 12.8. The summed E-state index contributed by atoms with van der Waals surface area (Å²) >= 11 is 0. The van der Waals surface area contributed by atoms with Gasteiger partial charge >= 0.3 is 0 Å². The first-order valence-corrected chi connectivity index (χ1v) is 12.8. The van der Waals surface area contributed by atoms with Crippen molar-refractivity contribution in [1.29, 1.82) is 0 Å². The van der Waals surface area contributed by atoms with Gasteiger partial charge in [0, 0.05) is 31.0 Å². The monoisotopic (exact) mass is 561 g/mol. The molecule has 0 bridgehead atoms. The van der Waals surface area contributed by atoms with Gasteiger partial charge in [-0.15, -0.1) is 0 Å². The fourth-order valence-corrected chi connectivity index (χ4v) is 4.42. The molecule has 0 saturated carbocycles. The lowest BCUT2D eigenvalue weighted by atomic mass is 10.0. The number of ether oxygens (including phenoxy) is 1. The zero-order valence-corrected chi connectivity index (χ0v) is 21.9. The molecule has 2 amide bonds. The third kappa shape index (κ3) is 6.26. The summed E-state index contributed by atoms with van der Waals surface area (Å²) in [6.07, 6.45) is 1.57. The van der Waals surface area contributed by atoms with E-state index in [4.69, 9.17) is 4.74 Å². The Morgan fingerprint density at radius 3 is 2.59 bits per heavy atom. The Labute approximate surface area is 232 Å². The van der Waals surface area contributed by atoms with E-state index in [9.17, 15) is 28.0 Å². The summed E-state index contributed by atoms with van der Waals surface area (Å²) in [5.74, 6) is -2.34. The maximum atomic E-state index is 14.4. The third-order valence-electron chi connectivity index (χ3n) is 6.65. The summed E-state index contributed by atoms with van der Waals surface area (Å²) < 4.78 is 33.9. The first kappa shape index (κ1) is 27.6. The predicted molar refractivity (Wildman–Crippen MR) is 141 cm³/mol. The lowest BCUT2D eigenvalue weighted by Crippen LogP contribution is -2.39. The van der Waals surface area contributed by atoms with Crippen LogP contribution in [0.3, 0.4) is 0 Å². The quantitative estimate of drug-likeness (QED) is 0.321. The number of carbonyl (C=O) groups excluding carboxylic acids is 4. The van der Waals surface area contributed by atoms with Crippen LogP contribution in [0.4, 0.5) is 8.78 Å². The molecule has 1 aliphatic rings. The summed E-state index contributed by atoms with van der Waals surface area (Å²) in [4.78, 5) is 54.5. The molecule has 5 rings (SSSR count). The van der Waals surface area contributed by atoms with Crippen LogP contribution in [-0.2, 0) is 29.0 Å². The number of rotatable bonds is 9. The number of aryl methyl sites for hydroxylation is 1. The summed E-state index contributed by atoms with van der Waals surface area (Å²) in [5.41, 5.74) is 1.45. The van der Waals surface area contributed by atoms with Crippen LogP contribution in [-0.4, -0.2) is 50.6 Å². The minimum atomic E-state index is -0.899. The molecule has 0 spiro atoms. The molecule has 4 aromatic rings. The highest BCUT2D eigenvalue weighted by atomic mass is 19.1. The number of amides is 2. The van der Waals surface area contributed by atoms with Crippen LogP contribution in [0.5, 0.6) is 5.75 Å². The number of hydrogen-bond donors (Lipinski definition) is 2. The molecule has 0 saturated heterocycles. The average molecular weight is 562 g/mol. The largest absolute Gasteiger partial charge is 0.486 e. The van der Waals surface area contributed by atoms with E-state index in [1.165, 1.54) is 25.1 Å². The van der Waals surface area contributed by atoms with E-state index in [1.54, 1.807) is 30.3 Å². The van der Waals surface area contributed by atoms with Gasteiger partial charge in [0.25, 0.3) is 11.8 Å². The number of Topliss-reactive ketones (excluding diaryl/α,β-unsaturated/α-hetero) is 2. The fraction of sp³-hybridized carbons (Fsp3) is 0.241. The van der Waals surface area contributed by atoms with Gasteiger partial charge in [-0.25, -0.2) is 18.3 Å². The van der Waals surface area contributed by atoms with Crippen LogP contribution < -0.4 is 15.4 Å². The van der Waals surface area contributed by atoms with Crippen LogP contribution in [0, 0.1) is 11.6 Å². The predicted octanol–water partition coefficient (Wildman–Crippen LogP) is 2.76. The zero-order valence-electron chi connectivity index (χ0n) is 21.9. The van der Waals surface area contributed by atoms with Crippen LogP contribution in [0.25, 0.3) is 5.65 Å². The molecule has 12 heteroatoms. The Balaban J connectivity index is 1.27. The van der Waals surface area contributed by atoms with E-state index in [1.807, 2.05) is 0 Å². The molecule has 10 nitrogen and oxygen atoms in total. The van der Waals surface area contributed by atoms with E-state index in [2.05, 4.69) is 20.7 Å². The van der Waals surface area contributed by atoms with E-state index in [-0.39, 0.29) is 60.4 Å². The Hall–Kier alpha value is -5.00. The van der Waals surface area contributed by atoms with Gasteiger partial charge in [-0.05, 0) is 48.7 Å². The second kappa shape index (κ2) is 11.6. The van der Waals surface area contributed by atoms with E-state index >= 15 is 0 Å². The van der Waals surface area contributed by atoms with Crippen LogP contribution in [0.15, 0.2) is 54.7 Å². The Bertz CT molecular complexity index is 1670. The molecule has 0 unspecified atom stereocenters. The summed E-state index contributed by atoms with van der Waals surface area (Å²) in [6, 6.07) is 11.3.